The van der Waals surface area contributed by atoms with Crippen LogP contribution in [0.5, 0.6) is 0 Å². The molecule has 1 aliphatic rings. The maximum absolute atomic E-state index is 12.2. The van der Waals surface area contributed by atoms with Gasteiger partial charge in [0.25, 0.3) is 0 Å². The van der Waals surface area contributed by atoms with E-state index >= 15 is 0 Å². The molecule has 4 heteroatoms. The third-order valence-corrected chi connectivity index (χ3v) is 4.18. The summed E-state index contributed by atoms with van der Waals surface area (Å²) in [4.78, 5) is 13.3. The van der Waals surface area contributed by atoms with E-state index in [1.54, 1.807) is 11.3 Å². The molecule has 3 nitrogen and oxygen atoms in total. The summed E-state index contributed by atoms with van der Waals surface area (Å²) in [5, 5.41) is 5.28. The van der Waals surface area contributed by atoms with Crippen molar-refractivity contribution >= 4 is 17.3 Å². The highest BCUT2D eigenvalue weighted by Crippen LogP contribution is 2.33. The van der Waals surface area contributed by atoms with Gasteiger partial charge in [-0.1, -0.05) is 19.4 Å². The van der Waals surface area contributed by atoms with E-state index < -0.39 is 0 Å². The first kappa shape index (κ1) is 12.6. The van der Waals surface area contributed by atoms with Gasteiger partial charge in [0.2, 0.25) is 0 Å². The number of hydrogen-bond donors (Lipinski definition) is 1. The minimum atomic E-state index is -0.272. The summed E-state index contributed by atoms with van der Waals surface area (Å²) in [6.07, 6.45) is 2.85. The Balaban J connectivity index is 1.92. The lowest BCUT2D eigenvalue weighted by atomic mass is 9.82. The molecule has 94 valence electrons. The van der Waals surface area contributed by atoms with Crippen molar-refractivity contribution in [2.75, 3.05) is 13.1 Å². The molecule has 2 rings (SSSR count). The molecular formula is C13H19NO2S. The molecule has 1 fully saturated rings. The lowest BCUT2D eigenvalue weighted by Crippen LogP contribution is -2.35. The van der Waals surface area contributed by atoms with Gasteiger partial charge in [0, 0.05) is 11.4 Å². The fourth-order valence-electron chi connectivity index (χ4n) is 2.40. The summed E-state index contributed by atoms with van der Waals surface area (Å²) < 4.78 is 5.46. The molecule has 0 aromatic carbocycles. The van der Waals surface area contributed by atoms with Crippen molar-refractivity contribution in [1.29, 1.82) is 0 Å². The Labute approximate surface area is 106 Å². The molecule has 1 aromatic rings. The van der Waals surface area contributed by atoms with Gasteiger partial charge in [-0.2, -0.15) is 0 Å². The predicted octanol–water partition coefficient (Wildman–Crippen LogP) is 2.57. The normalized spacial score (nSPS) is 23.8. The van der Waals surface area contributed by atoms with Gasteiger partial charge in [-0.25, -0.2) is 0 Å². The van der Waals surface area contributed by atoms with Crippen LogP contribution >= 0.6 is 11.3 Å². The van der Waals surface area contributed by atoms with Gasteiger partial charge < -0.3 is 10.1 Å². The van der Waals surface area contributed by atoms with Gasteiger partial charge in [-0.3, -0.25) is 4.79 Å². The Hall–Kier alpha value is -0.870. The molecule has 1 aliphatic heterocycles. The number of rotatable bonds is 5. The Bertz CT molecular complexity index is 356. The average Bonchev–Trinajstić information content (AvgIpc) is 2.97. The van der Waals surface area contributed by atoms with Crippen molar-refractivity contribution < 1.29 is 9.53 Å². The zero-order valence-electron chi connectivity index (χ0n) is 10.2. The third kappa shape index (κ3) is 2.87. The Kier molecular flexibility index (Phi) is 4.18. The van der Waals surface area contributed by atoms with Crippen LogP contribution in [0.1, 0.15) is 31.1 Å². The van der Waals surface area contributed by atoms with Gasteiger partial charge >= 0.3 is 5.97 Å². The van der Waals surface area contributed by atoms with Crippen LogP contribution in [-0.4, -0.2) is 19.1 Å². The molecule has 1 aromatic heterocycles. The second-order valence-corrected chi connectivity index (χ2v) is 5.64. The minimum Gasteiger partial charge on any atom is -0.460 e. The van der Waals surface area contributed by atoms with Crippen LogP contribution in [0, 0.1) is 5.41 Å². The molecule has 0 aliphatic carbocycles. The van der Waals surface area contributed by atoms with E-state index in [1.165, 1.54) is 0 Å². The van der Waals surface area contributed by atoms with E-state index in [0.717, 1.165) is 37.2 Å². The number of thiophene rings is 1. The highest BCUT2D eigenvalue weighted by molar-refractivity contribution is 7.09. The number of esters is 1. The van der Waals surface area contributed by atoms with E-state index in [-0.39, 0.29) is 11.4 Å². The first-order valence-electron chi connectivity index (χ1n) is 6.17. The molecule has 2 heterocycles. The molecule has 1 atom stereocenters. The zero-order chi connectivity index (χ0) is 12.1. The zero-order valence-corrected chi connectivity index (χ0v) is 11.0. The van der Waals surface area contributed by atoms with Gasteiger partial charge in [0.05, 0.1) is 5.41 Å². The number of ether oxygens (including phenoxy) is 1. The second-order valence-electron chi connectivity index (χ2n) is 4.61. The molecule has 0 spiro atoms. The van der Waals surface area contributed by atoms with Crippen LogP contribution < -0.4 is 5.32 Å². The fourth-order valence-corrected chi connectivity index (χ4v) is 3.01. The molecule has 1 unspecified atom stereocenters. The van der Waals surface area contributed by atoms with Gasteiger partial charge in [0.15, 0.2) is 0 Å². The summed E-state index contributed by atoms with van der Waals surface area (Å²) in [6.45, 7) is 4.23. The van der Waals surface area contributed by atoms with Crippen LogP contribution in [0.25, 0.3) is 0 Å². The van der Waals surface area contributed by atoms with Crippen LogP contribution in [0.2, 0.25) is 0 Å². The Morgan fingerprint density at radius 2 is 2.53 bits per heavy atom. The highest BCUT2D eigenvalue weighted by Gasteiger charge is 2.41. The first-order chi connectivity index (χ1) is 8.27. The molecule has 0 saturated carbocycles. The molecule has 1 saturated heterocycles. The van der Waals surface area contributed by atoms with Crippen LogP contribution in [0.4, 0.5) is 0 Å². The third-order valence-electron chi connectivity index (χ3n) is 3.33. The number of carbonyl (C=O) groups excluding carboxylic acids is 1. The molecular weight excluding hydrogens is 234 g/mol. The minimum absolute atomic E-state index is 0.0299. The van der Waals surface area contributed by atoms with E-state index in [9.17, 15) is 4.79 Å². The molecule has 17 heavy (non-hydrogen) atoms. The highest BCUT2D eigenvalue weighted by atomic mass is 32.1. The fraction of sp³-hybridized carbons (Fsp3) is 0.615. The monoisotopic (exact) mass is 253 g/mol. The van der Waals surface area contributed by atoms with Gasteiger partial charge in [-0.15, -0.1) is 11.3 Å². The maximum Gasteiger partial charge on any atom is 0.313 e. The van der Waals surface area contributed by atoms with Crippen molar-refractivity contribution in [3.8, 4) is 0 Å². The summed E-state index contributed by atoms with van der Waals surface area (Å²) in [5.74, 6) is -0.0299. The van der Waals surface area contributed by atoms with Gasteiger partial charge in [0.1, 0.15) is 6.61 Å². The molecule has 0 amide bonds. The number of carbonyl (C=O) groups is 1. The largest absolute Gasteiger partial charge is 0.460 e. The van der Waals surface area contributed by atoms with E-state index in [2.05, 4.69) is 12.2 Å². The van der Waals surface area contributed by atoms with E-state index in [1.807, 2.05) is 17.5 Å². The molecule has 0 radical (unpaired) electrons. The maximum atomic E-state index is 12.2. The lowest BCUT2D eigenvalue weighted by molar-refractivity contribution is -0.156. The van der Waals surface area contributed by atoms with Gasteiger partial charge in [-0.05, 0) is 30.8 Å². The van der Waals surface area contributed by atoms with Crippen LogP contribution in [0.3, 0.4) is 0 Å². The summed E-state index contributed by atoms with van der Waals surface area (Å²) in [7, 11) is 0. The van der Waals surface area contributed by atoms with E-state index in [4.69, 9.17) is 4.74 Å². The van der Waals surface area contributed by atoms with Crippen molar-refractivity contribution in [3.05, 3.63) is 22.4 Å². The van der Waals surface area contributed by atoms with Crippen molar-refractivity contribution in [3.63, 3.8) is 0 Å². The molecule has 1 N–H and O–H groups in total. The van der Waals surface area contributed by atoms with Crippen molar-refractivity contribution in [2.45, 2.75) is 32.8 Å². The van der Waals surface area contributed by atoms with Crippen molar-refractivity contribution in [1.82, 2.24) is 5.32 Å². The topological polar surface area (TPSA) is 38.3 Å². The SMILES string of the molecule is CCCC1(C(=O)OCc2cccs2)CCNC1. The second kappa shape index (κ2) is 5.65. The van der Waals surface area contributed by atoms with E-state index in [0.29, 0.717) is 6.61 Å². The quantitative estimate of drug-likeness (QED) is 0.820. The Morgan fingerprint density at radius 3 is 3.12 bits per heavy atom. The first-order valence-corrected chi connectivity index (χ1v) is 7.05. The standard InChI is InChI=1S/C13H19NO2S/c1-2-5-13(6-7-14-10-13)12(15)16-9-11-4-3-8-17-11/h3-4,8,14H,2,5-7,9-10H2,1H3. The number of hydrogen-bond acceptors (Lipinski definition) is 4. The number of nitrogens with one attached hydrogen (secondary N) is 1. The van der Waals surface area contributed by atoms with Crippen LogP contribution in [-0.2, 0) is 16.1 Å². The summed E-state index contributed by atoms with van der Waals surface area (Å²) >= 11 is 1.63. The lowest BCUT2D eigenvalue weighted by Gasteiger charge is -2.25. The molecule has 0 bridgehead atoms. The average molecular weight is 253 g/mol. The Morgan fingerprint density at radius 1 is 1.65 bits per heavy atom. The predicted molar refractivity (Wildman–Crippen MR) is 68.9 cm³/mol. The summed E-state index contributed by atoms with van der Waals surface area (Å²) in [6, 6.07) is 3.98. The summed E-state index contributed by atoms with van der Waals surface area (Å²) in [5.41, 5.74) is -0.272. The van der Waals surface area contributed by atoms with Crippen molar-refractivity contribution in [2.24, 2.45) is 5.41 Å². The van der Waals surface area contributed by atoms with Crippen LogP contribution in [0.15, 0.2) is 17.5 Å². The smallest absolute Gasteiger partial charge is 0.313 e.